The molecule has 18 heavy (non-hydrogen) atoms. The van der Waals surface area contributed by atoms with Crippen LogP contribution < -0.4 is 0 Å². The molecular weight excluding hydrogens is 292 g/mol. The van der Waals surface area contributed by atoms with Crippen LogP contribution in [0.3, 0.4) is 0 Å². The van der Waals surface area contributed by atoms with Crippen molar-refractivity contribution in [2.24, 2.45) is 0 Å². The van der Waals surface area contributed by atoms with Crippen LogP contribution in [0.1, 0.15) is 23.5 Å². The number of hydrogen-bond donors (Lipinski definition) is 1. The molecule has 1 aromatic heterocycles. The maximum Gasteiger partial charge on any atom is 0.113 e. The molecule has 4 heteroatoms. The van der Waals surface area contributed by atoms with E-state index in [4.69, 9.17) is 0 Å². The summed E-state index contributed by atoms with van der Waals surface area (Å²) in [6.07, 6.45) is 4.31. The number of aliphatic hydroxyl groups excluding tert-OH is 1. The van der Waals surface area contributed by atoms with Gasteiger partial charge in [-0.25, -0.2) is 4.98 Å². The predicted molar refractivity (Wildman–Crippen MR) is 73.5 cm³/mol. The Morgan fingerprint density at radius 1 is 1.33 bits per heavy atom. The fraction of sp³-hybridized carbons (Fsp3) is 0.357. The molecule has 0 radical (unpaired) electrons. The van der Waals surface area contributed by atoms with E-state index in [0.717, 1.165) is 29.6 Å². The van der Waals surface area contributed by atoms with Gasteiger partial charge in [0.2, 0.25) is 0 Å². The van der Waals surface area contributed by atoms with Crippen LogP contribution in [0.5, 0.6) is 0 Å². The van der Waals surface area contributed by atoms with E-state index >= 15 is 0 Å². The first-order valence-electron chi connectivity index (χ1n) is 6.18. The van der Waals surface area contributed by atoms with Crippen molar-refractivity contribution in [3.63, 3.8) is 0 Å². The highest BCUT2D eigenvalue weighted by atomic mass is 79.9. The van der Waals surface area contributed by atoms with Gasteiger partial charge in [-0.3, -0.25) is 0 Å². The Balaban J connectivity index is 1.85. The second-order valence-electron chi connectivity index (χ2n) is 4.77. The van der Waals surface area contributed by atoms with Gasteiger partial charge in [0.05, 0.1) is 12.6 Å². The zero-order valence-corrected chi connectivity index (χ0v) is 11.6. The monoisotopic (exact) mass is 306 g/mol. The molecule has 0 bridgehead atoms. The molecule has 0 saturated heterocycles. The summed E-state index contributed by atoms with van der Waals surface area (Å²) in [6.45, 7) is 0.682. The zero-order chi connectivity index (χ0) is 12.5. The van der Waals surface area contributed by atoms with Gasteiger partial charge in [0.1, 0.15) is 5.82 Å². The first kappa shape index (κ1) is 11.9. The average Bonchev–Trinajstić information content (AvgIpc) is 2.75. The first-order valence-corrected chi connectivity index (χ1v) is 6.97. The van der Waals surface area contributed by atoms with E-state index in [1.807, 2.05) is 18.3 Å². The van der Waals surface area contributed by atoms with Gasteiger partial charge in [-0.05, 0) is 30.5 Å². The molecule has 94 valence electrons. The number of imidazole rings is 1. The van der Waals surface area contributed by atoms with Crippen molar-refractivity contribution in [2.75, 3.05) is 0 Å². The van der Waals surface area contributed by atoms with E-state index in [0.29, 0.717) is 6.54 Å². The molecule has 3 rings (SSSR count). The number of halogens is 1. The van der Waals surface area contributed by atoms with Crippen LogP contribution >= 0.6 is 15.9 Å². The molecule has 1 aliphatic heterocycles. The van der Waals surface area contributed by atoms with Crippen molar-refractivity contribution < 1.29 is 5.11 Å². The highest BCUT2D eigenvalue weighted by Crippen LogP contribution is 2.20. The Labute approximate surface area is 115 Å². The van der Waals surface area contributed by atoms with Crippen molar-refractivity contribution in [1.82, 2.24) is 9.55 Å². The first-order chi connectivity index (χ1) is 8.72. The average molecular weight is 307 g/mol. The molecule has 0 saturated carbocycles. The number of nitrogens with zero attached hydrogens (tertiary/aromatic N) is 2. The third kappa shape index (κ3) is 2.35. The summed E-state index contributed by atoms with van der Waals surface area (Å²) < 4.78 is 3.25. The molecule has 0 fully saturated rings. The summed E-state index contributed by atoms with van der Waals surface area (Å²) >= 11 is 3.44. The van der Waals surface area contributed by atoms with Crippen LogP contribution in [-0.4, -0.2) is 20.8 Å². The number of rotatable bonds is 2. The Morgan fingerprint density at radius 3 is 2.89 bits per heavy atom. The van der Waals surface area contributed by atoms with Gasteiger partial charge in [0, 0.05) is 22.8 Å². The summed E-state index contributed by atoms with van der Waals surface area (Å²) in [4.78, 5) is 4.49. The zero-order valence-electron chi connectivity index (χ0n) is 10.0. The molecule has 0 aliphatic carbocycles. The van der Waals surface area contributed by atoms with E-state index in [1.165, 1.54) is 11.3 Å². The van der Waals surface area contributed by atoms with Crippen LogP contribution in [0.15, 0.2) is 34.9 Å². The lowest BCUT2D eigenvalue weighted by Gasteiger charge is -2.21. The third-order valence-corrected chi connectivity index (χ3v) is 3.95. The highest BCUT2D eigenvalue weighted by Gasteiger charge is 2.19. The summed E-state index contributed by atoms with van der Waals surface area (Å²) in [5.41, 5.74) is 2.49. The van der Waals surface area contributed by atoms with Gasteiger partial charge < -0.3 is 9.67 Å². The lowest BCUT2D eigenvalue weighted by atomic mass is 10.1. The van der Waals surface area contributed by atoms with Crippen molar-refractivity contribution in [3.8, 4) is 0 Å². The highest BCUT2D eigenvalue weighted by molar-refractivity contribution is 9.10. The SMILES string of the molecule is OC1CCc2cnc(Cc3ccc(Br)cc3)n2C1. The van der Waals surface area contributed by atoms with E-state index in [1.54, 1.807) is 0 Å². The van der Waals surface area contributed by atoms with Crippen molar-refractivity contribution in [2.45, 2.75) is 31.9 Å². The molecule has 1 unspecified atom stereocenters. The molecular formula is C14H15BrN2O. The normalized spacial score (nSPS) is 18.7. The van der Waals surface area contributed by atoms with Gasteiger partial charge in [-0.15, -0.1) is 0 Å². The summed E-state index contributed by atoms with van der Waals surface area (Å²) in [7, 11) is 0. The van der Waals surface area contributed by atoms with Crippen molar-refractivity contribution in [1.29, 1.82) is 0 Å². The van der Waals surface area contributed by atoms with E-state index in [9.17, 15) is 5.11 Å². The second-order valence-corrected chi connectivity index (χ2v) is 5.69. The second kappa shape index (κ2) is 4.86. The molecule has 1 atom stereocenters. The van der Waals surface area contributed by atoms with Crippen LogP contribution in [0.2, 0.25) is 0 Å². The van der Waals surface area contributed by atoms with Crippen LogP contribution in [0, 0.1) is 0 Å². The molecule has 2 aromatic rings. The summed E-state index contributed by atoms with van der Waals surface area (Å²) in [5.74, 6) is 1.05. The molecule has 2 heterocycles. The quantitative estimate of drug-likeness (QED) is 0.926. The Morgan fingerprint density at radius 2 is 2.11 bits per heavy atom. The van der Waals surface area contributed by atoms with E-state index < -0.39 is 0 Å². The van der Waals surface area contributed by atoms with Gasteiger partial charge >= 0.3 is 0 Å². The van der Waals surface area contributed by atoms with Crippen LogP contribution in [0.4, 0.5) is 0 Å². The molecule has 0 amide bonds. The van der Waals surface area contributed by atoms with Gasteiger partial charge in [-0.2, -0.15) is 0 Å². The van der Waals surface area contributed by atoms with E-state index in [-0.39, 0.29) is 6.10 Å². The minimum atomic E-state index is -0.227. The van der Waals surface area contributed by atoms with Crippen LogP contribution in [-0.2, 0) is 19.4 Å². The van der Waals surface area contributed by atoms with Crippen molar-refractivity contribution >= 4 is 15.9 Å². The lowest BCUT2D eigenvalue weighted by Crippen LogP contribution is -2.25. The molecule has 1 aromatic carbocycles. The number of hydrogen-bond acceptors (Lipinski definition) is 2. The molecule has 1 aliphatic rings. The van der Waals surface area contributed by atoms with Gasteiger partial charge in [0.25, 0.3) is 0 Å². The number of aliphatic hydroxyl groups is 1. The third-order valence-electron chi connectivity index (χ3n) is 3.42. The predicted octanol–water partition coefficient (Wildman–Crippen LogP) is 2.54. The number of fused-ring (bicyclic) bond motifs is 1. The fourth-order valence-corrected chi connectivity index (χ4v) is 2.68. The molecule has 3 nitrogen and oxygen atoms in total. The molecule has 0 spiro atoms. The standard InChI is InChI=1S/C14H15BrN2O/c15-11-3-1-10(2-4-11)7-14-16-8-12-5-6-13(18)9-17(12)14/h1-4,8,13,18H,5-7,9H2. The fourth-order valence-electron chi connectivity index (χ4n) is 2.42. The van der Waals surface area contributed by atoms with Crippen molar-refractivity contribution in [3.05, 3.63) is 52.0 Å². The number of aromatic nitrogens is 2. The molecule has 1 N–H and O–H groups in total. The van der Waals surface area contributed by atoms with Gasteiger partial charge in [0.15, 0.2) is 0 Å². The minimum Gasteiger partial charge on any atom is -0.391 e. The summed E-state index contributed by atoms with van der Waals surface area (Å²) in [5, 5.41) is 9.75. The lowest BCUT2D eigenvalue weighted by molar-refractivity contribution is 0.130. The minimum absolute atomic E-state index is 0.227. The summed E-state index contributed by atoms with van der Waals surface area (Å²) in [6, 6.07) is 8.30. The Bertz CT molecular complexity index is 547. The van der Waals surface area contributed by atoms with Crippen LogP contribution in [0.25, 0.3) is 0 Å². The topological polar surface area (TPSA) is 38.1 Å². The maximum absolute atomic E-state index is 9.75. The number of aryl methyl sites for hydroxylation is 1. The number of benzene rings is 1. The van der Waals surface area contributed by atoms with Gasteiger partial charge in [-0.1, -0.05) is 28.1 Å². The Kier molecular flexibility index (Phi) is 3.22. The van der Waals surface area contributed by atoms with E-state index in [2.05, 4.69) is 37.6 Å². The maximum atomic E-state index is 9.75. The Hall–Kier alpha value is -1.13. The smallest absolute Gasteiger partial charge is 0.113 e. The largest absolute Gasteiger partial charge is 0.391 e.